The van der Waals surface area contributed by atoms with E-state index in [2.05, 4.69) is 32.5 Å². The van der Waals surface area contributed by atoms with Crippen LogP contribution in [0.25, 0.3) is 22.3 Å². The molecule has 0 saturated carbocycles. The van der Waals surface area contributed by atoms with Crippen molar-refractivity contribution in [3.8, 4) is 17.1 Å². The van der Waals surface area contributed by atoms with Crippen molar-refractivity contribution in [2.24, 2.45) is 0 Å². The van der Waals surface area contributed by atoms with Gasteiger partial charge in [-0.1, -0.05) is 44.5 Å². The van der Waals surface area contributed by atoms with Gasteiger partial charge in [0.15, 0.2) is 13.2 Å². The van der Waals surface area contributed by atoms with E-state index in [0.29, 0.717) is 11.1 Å². The molecule has 1 aromatic heterocycles. The van der Waals surface area contributed by atoms with Crippen LogP contribution < -0.4 is 4.74 Å². The highest BCUT2D eigenvalue weighted by molar-refractivity contribution is 5.87. The second-order valence-electron chi connectivity index (χ2n) is 10.1. The highest BCUT2D eigenvalue weighted by atomic mass is 19.3. The van der Waals surface area contributed by atoms with Crippen molar-refractivity contribution in [3.05, 3.63) is 65.7 Å². The standard InChI is InChI=1S/C30H30F8O7/c1-5-6-7-8-20-9-12-23(19(4)13-20)25-14-21-10-11-22(15-24(21)42-25)40-16-27(31,32)43-29(35,36)45-30(37,38)44-28(33,34)17-41-26(39)18(2)3/h9-15H,2,5-8,16-17H2,1,3-4H3. The predicted molar refractivity (Wildman–Crippen MR) is 144 cm³/mol. The van der Waals surface area contributed by atoms with Crippen LogP contribution in [0.2, 0.25) is 0 Å². The highest BCUT2D eigenvalue weighted by Gasteiger charge is 2.57. The Kier molecular flexibility index (Phi) is 11.3. The zero-order chi connectivity index (χ0) is 33.6. The minimum Gasteiger partial charge on any atom is -0.484 e. The third kappa shape index (κ3) is 11.0. The summed E-state index contributed by atoms with van der Waals surface area (Å²) in [6.45, 7) is 4.05. The number of benzene rings is 2. The second-order valence-corrected chi connectivity index (χ2v) is 10.1. The van der Waals surface area contributed by atoms with Crippen molar-refractivity contribution in [1.82, 2.24) is 0 Å². The van der Waals surface area contributed by atoms with E-state index in [0.717, 1.165) is 43.7 Å². The second kappa shape index (κ2) is 14.2. The fourth-order valence-corrected chi connectivity index (χ4v) is 4.00. The van der Waals surface area contributed by atoms with Crippen LogP contribution in [0, 0.1) is 6.92 Å². The molecular formula is C30H30F8O7. The molecule has 0 fully saturated rings. The summed E-state index contributed by atoms with van der Waals surface area (Å²) in [4.78, 5) is 11.1. The first kappa shape index (κ1) is 35.8. The Bertz CT molecular complexity index is 1490. The maximum atomic E-state index is 14.1. The summed E-state index contributed by atoms with van der Waals surface area (Å²) in [7, 11) is 0. The van der Waals surface area contributed by atoms with Gasteiger partial charge in [0.1, 0.15) is 17.1 Å². The quantitative estimate of drug-likeness (QED) is 0.0473. The van der Waals surface area contributed by atoms with E-state index in [9.17, 15) is 39.9 Å². The molecule has 3 aromatic rings. The maximum absolute atomic E-state index is 14.1. The molecule has 0 unspecified atom stereocenters. The number of carbonyl (C=O) groups is 1. The molecule has 0 aliphatic rings. The monoisotopic (exact) mass is 654 g/mol. The summed E-state index contributed by atoms with van der Waals surface area (Å²) in [5.74, 6) is -1.23. The Morgan fingerprint density at radius 3 is 2.09 bits per heavy atom. The van der Waals surface area contributed by atoms with Crippen molar-refractivity contribution in [3.63, 3.8) is 0 Å². The van der Waals surface area contributed by atoms with Gasteiger partial charge in [0.2, 0.25) is 0 Å². The van der Waals surface area contributed by atoms with E-state index in [1.807, 2.05) is 25.1 Å². The number of esters is 1. The molecule has 0 N–H and O–H groups in total. The van der Waals surface area contributed by atoms with Crippen LogP contribution in [0.3, 0.4) is 0 Å². The predicted octanol–water partition coefficient (Wildman–Crippen LogP) is 8.98. The summed E-state index contributed by atoms with van der Waals surface area (Å²) >= 11 is 0. The number of furan rings is 1. The van der Waals surface area contributed by atoms with E-state index < -0.39 is 44.0 Å². The van der Waals surface area contributed by atoms with Crippen molar-refractivity contribution in [1.29, 1.82) is 0 Å². The lowest BCUT2D eigenvalue weighted by molar-refractivity contribution is -0.574. The van der Waals surface area contributed by atoms with Crippen molar-refractivity contribution < 1.29 is 68.0 Å². The van der Waals surface area contributed by atoms with Gasteiger partial charge in [0.05, 0.1) is 0 Å². The highest BCUT2D eigenvalue weighted by Crippen LogP contribution is 2.38. The Morgan fingerprint density at radius 1 is 0.844 bits per heavy atom. The average molecular weight is 655 g/mol. The molecule has 0 saturated heterocycles. The van der Waals surface area contributed by atoms with Gasteiger partial charge in [-0.2, -0.15) is 17.6 Å². The smallest absolute Gasteiger partial charge is 0.484 e. The lowest BCUT2D eigenvalue weighted by Crippen LogP contribution is -2.46. The third-order valence-corrected chi connectivity index (χ3v) is 6.02. The van der Waals surface area contributed by atoms with Crippen LogP contribution in [-0.4, -0.2) is 44.0 Å². The van der Waals surface area contributed by atoms with Gasteiger partial charge in [0, 0.05) is 22.6 Å². The third-order valence-electron chi connectivity index (χ3n) is 6.02. The Hall–Kier alpha value is -3.69. The first-order valence-electron chi connectivity index (χ1n) is 13.5. The Labute approximate surface area is 252 Å². The molecule has 0 atom stereocenters. The molecular weight excluding hydrogens is 624 g/mol. The lowest BCUT2D eigenvalue weighted by atomic mass is 10.00. The molecule has 0 bridgehead atoms. The Morgan fingerprint density at radius 2 is 1.49 bits per heavy atom. The Balaban J connectivity index is 1.61. The molecule has 0 amide bonds. The number of rotatable bonds is 17. The van der Waals surface area contributed by atoms with E-state index in [-0.39, 0.29) is 16.9 Å². The van der Waals surface area contributed by atoms with Crippen LogP contribution in [-0.2, 0) is 30.2 Å². The minimum atomic E-state index is -5.88. The molecule has 0 aliphatic heterocycles. The summed E-state index contributed by atoms with van der Waals surface area (Å²) in [6, 6.07) is 11.5. The molecule has 15 heteroatoms. The van der Waals surface area contributed by atoms with Gasteiger partial charge in [-0.15, -0.1) is 17.6 Å². The van der Waals surface area contributed by atoms with E-state index in [1.54, 1.807) is 6.07 Å². The summed E-state index contributed by atoms with van der Waals surface area (Å²) in [5, 5.41) is 0.570. The number of unbranched alkanes of at least 4 members (excludes halogenated alkanes) is 2. The number of fused-ring (bicyclic) bond motifs is 1. The zero-order valence-corrected chi connectivity index (χ0v) is 24.4. The number of carbonyl (C=O) groups excluding carboxylic acids is 1. The molecule has 7 nitrogen and oxygen atoms in total. The van der Waals surface area contributed by atoms with Crippen LogP contribution in [0.5, 0.6) is 5.75 Å². The van der Waals surface area contributed by atoms with Gasteiger partial charge in [0.25, 0.3) is 0 Å². The van der Waals surface area contributed by atoms with Crippen molar-refractivity contribution in [2.75, 3.05) is 13.2 Å². The summed E-state index contributed by atoms with van der Waals surface area (Å²) in [6.07, 6.45) is -17.6. The molecule has 45 heavy (non-hydrogen) atoms. The maximum Gasteiger partial charge on any atom is 0.496 e. The first-order chi connectivity index (χ1) is 20.8. The molecule has 0 spiro atoms. The van der Waals surface area contributed by atoms with E-state index in [1.165, 1.54) is 23.8 Å². The molecule has 0 aliphatic carbocycles. The number of aryl methyl sites for hydroxylation is 2. The van der Waals surface area contributed by atoms with Crippen LogP contribution in [0.15, 0.2) is 59.0 Å². The van der Waals surface area contributed by atoms with Crippen LogP contribution >= 0.6 is 0 Å². The fraction of sp³-hybridized carbons (Fsp3) is 0.433. The number of ether oxygens (including phenoxy) is 5. The molecule has 2 aromatic carbocycles. The van der Waals surface area contributed by atoms with Gasteiger partial charge < -0.3 is 13.9 Å². The molecule has 248 valence electrons. The van der Waals surface area contributed by atoms with Crippen molar-refractivity contribution >= 4 is 16.9 Å². The molecule has 1 heterocycles. The number of hydrogen-bond donors (Lipinski definition) is 0. The van der Waals surface area contributed by atoms with Gasteiger partial charge in [-0.05, 0) is 56.0 Å². The number of halogens is 8. The minimum absolute atomic E-state index is 0.207. The van der Waals surface area contributed by atoms with Crippen molar-refractivity contribution in [2.45, 2.75) is 71.3 Å². The van der Waals surface area contributed by atoms with E-state index in [4.69, 9.17) is 9.15 Å². The van der Waals surface area contributed by atoms with Crippen LogP contribution in [0.4, 0.5) is 35.1 Å². The summed E-state index contributed by atoms with van der Waals surface area (Å²) in [5.41, 5.74) is 2.73. The summed E-state index contributed by atoms with van der Waals surface area (Å²) < 4.78 is 133. The average Bonchev–Trinajstić information content (AvgIpc) is 3.32. The first-order valence-corrected chi connectivity index (χ1v) is 13.5. The van der Waals surface area contributed by atoms with Gasteiger partial charge >= 0.3 is 30.8 Å². The van der Waals surface area contributed by atoms with Gasteiger partial charge in [-0.25, -0.2) is 19.0 Å². The van der Waals surface area contributed by atoms with E-state index >= 15 is 0 Å². The largest absolute Gasteiger partial charge is 0.496 e. The number of hydrogen-bond acceptors (Lipinski definition) is 7. The fourth-order valence-electron chi connectivity index (χ4n) is 4.00. The number of alkyl halides is 8. The topological polar surface area (TPSA) is 76.4 Å². The normalized spacial score (nSPS) is 12.9. The van der Waals surface area contributed by atoms with Gasteiger partial charge in [-0.3, -0.25) is 0 Å². The molecule has 0 radical (unpaired) electrons. The SMILES string of the molecule is C=C(C)C(=O)OCC(F)(F)OC(F)(F)OC(F)(F)OC(F)(F)COc1ccc2cc(-c3ccc(CCCCC)cc3C)oc2c1. The zero-order valence-electron chi connectivity index (χ0n) is 24.4. The van der Waals surface area contributed by atoms with Crippen LogP contribution in [0.1, 0.15) is 44.2 Å². The lowest BCUT2D eigenvalue weighted by Gasteiger charge is -2.27. The molecule has 3 rings (SSSR count).